The maximum absolute atomic E-state index is 12.7. The number of ether oxygens (including phenoxy) is 1. The SMILES string of the molecule is CC(C)(CNC(=O)C1CCCN(c2cnccn2)C1)N1CCOCC1. The Morgan fingerprint density at radius 2 is 2.12 bits per heavy atom. The molecule has 0 aromatic carbocycles. The van der Waals surface area contributed by atoms with Crippen molar-refractivity contribution in [2.45, 2.75) is 32.2 Å². The van der Waals surface area contributed by atoms with Crippen molar-refractivity contribution in [3.05, 3.63) is 18.6 Å². The number of carbonyl (C=O) groups is 1. The van der Waals surface area contributed by atoms with Gasteiger partial charge in [-0.2, -0.15) is 0 Å². The van der Waals surface area contributed by atoms with Crippen LogP contribution in [0, 0.1) is 5.92 Å². The highest BCUT2D eigenvalue weighted by molar-refractivity contribution is 5.79. The second-order valence-corrected chi connectivity index (χ2v) is 7.48. The summed E-state index contributed by atoms with van der Waals surface area (Å²) in [5.74, 6) is 1.01. The van der Waals surface area contributed by atoms with E-state index < -0.39 is 0 Å². The summed E-state index contributed by atoms with van der Waals surface area (Å²) in [6.07, 6.45) is 7.07. The Morgan fingerprint density at radius 3 is 2.84 bits per heavy atom. The van der Waals surface area contributed by atoms with Gasteiger partial charge in [-0.05, 0) is 26.7 Å². The van der Waals surface area contributed by atoms with Gasteiger partial charge in [0.05, 0.1) is 25.3 Å². The van der Waals surface area contributed by atoms with E-state index in [-0.39, 0.29) is 17.4 Å². The Hall–Kier alpha value is -1.73. The number of nitrogens with zero attached hydrogens (tertiary/aromatic N) is 4. The van der Waals surface area contributed by atoms with Crippen molar-refractivity contribution in [2.24, 2.45) is 5.92 Å². The normalized spacial score (nSPS) is 22.6. The van der Waals surface area contributed by atoms with Gasteiger partial charge in [-0.25, -0.2) is 4.98 Å². The van der Waals surface area contributed by atoms with Gasteiger partial charge in [-0.1, -0.05) is 0 Å². The molecule has 1 aromatic rings. The zero-order valence-electron chi connectivity index (χ0n) is 15.3. The number of anilines is 1. The molecule has 2 aliphatic heterocycles. The van der Waals surface area contributed by atoms with E-state index in [0.717, 1.165) is 51.5 Å². The Balaban J connectivity index is 1.52. The highest BCUT2D eigenvalue weighted by atomic mass is 16.5. The molecule has 2 aliphatic rings. The molecule has 3 rings (SSSR count). The summed E-state index contributed by atoms with van der Waals surface area (Å²) in [6, 6.07) is 0. The van der Waals surface area contributed by atoms with E-state index in [0.29, 0.717) is 13.1 Å². The van der Waals surface area contributed by atoms with E-state index in [4.69, 9.17) is 4.74 Å². The zero-order chi connectivity index (χ0) is 17.7. The number of hydrogen-bond acceptors (Lipinski definition) is 6. The van der Waals surface area contributed by atoms with E-state index in [1.165, 1.54) is 0 Å². The van der Waals surface area contributed by atoms with Gasteiger partial charge < -0.3 is 15.0 Å². The maximum Gasteiger partial charge on any atom is 0.224 e. The highest BCUT2D eigenvalue weighted by Gasteiger charge is 2.31. The average molecular weight is 347 g/mol. The molecule has 1 atom stereocenters. The lowest BCUT2D eigenvalue weighted by molar-refractivity contribution is -0.126. The van der Waals surface area contributed by atoms with Crippen molar-refractivity contribution in [3.63, 3.8) is 0 Å². The van der Waals surface area contributed by atoms with E-state index in [2.05, 4.69) is 38.9 Å². The molecule has 7 nitrogen and oxygen atoms in total. The lowest BCUT2D eigenvalue weighted by Gasteiger charge is -2.41. The minimum atomic E-state index is -0.0568. The largest absolute Gasteiger partial charge is 0.379 e. The molecule has 1 N–H and O–H groups in total. The highest BCUT2D eigenvalue weighted by Crippen LogP contribution is 2.21. The number of piperidine rings is 1. The molecule has 0 radical (unpaired) electrons. The molecule has 1 amide bonds. The Morgan fingerprint density at radius 1 is 1.32 bits per heavy atom. The third-order valence-corrected chi connectivity index (χ3v) is 5.23. The number of carbonyl (C=O) groups excluding carboxylic acids is 1. The van der Waals surface area contributed by atoms with Crippen molar-refractivity contribution in [2.75, 3.05) is 50.8 Å². The number of nitrogens with one attached hydrogen (secondary N) is 1. The van der Waals surface area contributed by atoms with Crippen molar-refractivity contribution >= 4 is 11.7 Å². The molecule has 138 valence electrons. The van der Waals surface area contributed by atoms with Gasteiger partial charge in [0, 0.05) is 50.7 Å². The number of rotatable bonds is 5. The van der Waals surface area contributed by atoms with Crippen molar-refractivity contribution < 1.29 is 9.53 Å². The molecule has 2 fully saturated rings. The van der Waals surface area contributed by atoms with Crippen LogP contribution in [0.5, 0.6) is 0 Å². The van der Waals surface area contributed by atoms with E-state index in [1.54, 1.807) is 18.6 Å². The van der Waals surface area contributed by atoms with Crippen LogP contribution in [-0.4, -0.2) is 72.3 Å². The van der Waals surface area contributed by atoms with Crippen LogP contribution in [0.1, 0.15) is 26.7 Å². The summed E-state index contributed by atoms with van der Waals surface area (Å²) in [5, 5.41) is 3.18. The maximum atomic E-state index is 12.7. The van der Waals surface area contributed by atoms with Crippen LogP contribution in [0.4, 0.5) is 5.82 Å². The number of hydrogen-bond donors (Lipinski definition) is 1. The van der Waals surface area contributed by atoms with Gasteiger partial charge in [-0.3, -0.25) is 14.7 Å². The van der Waals surface area contributed by atoms with Gasteiger partial charge >= 0.3 is 0 Å². The first-order valence-corrected chi connectivity index (χ1v) is 9.18. The van der Waals surface area contributed by atoms with Crippen LogP contribution in [0.2, 0.25) is 0 Å². The Kier molecular flexibility index (Phi) is 5.86. The zero-order valence-corrected chi connectivity index (χ0v) is 15.3. The van der Waals surface area contributed by atoms with E-state index >= 15 is 0 Å². The first kappa shape index (κ1) is 18.1. The summed E-state index contributed by atoms with van der Waals surface area (Å²) < 4.78 is 5.42. The smallest absolute Gasteiger partial charge is 0.224 e. The summed E-state index contributed by atoms with van der Waals surface area (Å²) in [4.78, 5) is 25.7. The minimum Gasteiger partial charge on any atom is -0.379 e. The van der Waals surface area contributed by atoms with Crippen molar-refractivity contribution in [1.82, 2.24) is 20.2 Å². The van der Waals surface area contributed by atoms with Crippen LogP contribution in [0.25, 0.3) is 0 Å². The summed E-state index contributed by atoms with van der Waals surface area (Å²) in [6.45, 7) is 10.1. The third-order valence-electron chi connectivity index (χ3n) is 5.23. The fourth-order valence-electron chi connectivity index (χ4n) is 3.58. The first-order valence-electron chi connectivity index (χ1n) is 9.18. The quantitative estimate of drug-likeness (QED) is 0.854. The second kappa shape index (κ2) is 8.10. The summed E-state index contributed by atoms with van der Waals surface area (Å²) >= 11 is 0. The standard InChI is InChI=1S/C18H29N5O2/c1-18(2,23-8-10-25-11-9-23)14-21-17(24)15-4-3-7-22(13-15)16-12-19-5-6-20-16/h5-6,12,15H,3-4,7-11,13-14H2,1-2H3,(H,21,24). The predicted octanol–water partition coefficient (Wildman–Crippen LogP) is 0.920. The van der Waals surface area contributed by atoms with Gasteiger partial charge in [0.15, 0.2) is 0 Å². The van der Waals surface area contributed by atoms with Crippen LogP contribution in [0.3, 0.4) is 0 Å². The third kappa shape index (κ3) is 4.67. The van der Waals surface area contributed by atoms with Crippen LogP contribution in [-0.2, 0) is 9.53 Å². The monoisotopic (exact) mass is 347 g/mol. The fraction of sp³-hybridized carbons (Fsp3) is 0.722. The number of aromatic nitrogens is 2. The van der Waals surface area contributed by atoms with Crippen LogP contribution >= 0.6 is 0 Å². The molecule has 0 bridgehead atoms. The van der Waals surface area contributed by atoms with Gasteiger partial charge in [-0.15, -0.1) is 0 Å². The number of amides is 1. The second-order valence-electron chi connectivity index (χ2n) is 7.48. The Bertz CT molecular complexity index is 560. The molecule has 25 heavy (non-hydrogen) atoms. The van der Waals surface area contributed by atoms with Crippen LogP contribution in [0.15, 0.2) is 18.6 Å². The van der Waals surface area contributed by atoms with Crippen molar-refractivity contribution in [3.8, 4) is 0 Å². The molecule has 0 aliphatic carbocycles. The predicted molar refractivity (Wildman–Crippen MR) is 96.4 cm³/mol. The lowest BCUT2D eigenvalue weighted by atomic mass is 9.96. The topological polar surface area (TPSA) is 70.6 Å². The first-order chi connectivity index (χ1) is 12.1. The summed E-state index contributed by atoms with van der Waals surface area (Å²) in [5.41, 5.74) is -0.0568. The fourth-order valence-corrected chi connectivity index (χ4v) is 3.58. The molecular weight excluding hydrogens is 318 g/mol. The molecule has 1 unspecified atom stereocenters. The lowest BCUT2D eigenvalue weighted by Crippen LogP contribution is -2.56. The van der Waals surface area contributed by atoms with Gasteiger partial charge in [0.1, 0.15) is 5.82 Å². The van der Waals surface area contributed by atoms with Gasteiger partial charge in [0.25, 0.3) is 0 Å². The number of morpholine rings is 1. The van der Waals surface area contributed by atoms with Crippen molar-refractivity contribution in [1.29, 1.82) is 0 Å². The molecule has 0 spiro atoms. The summed E-state index contributed by atoms with van der Waals surface area (Å²) in [7, 11) is 0. The van der Waals surface area contributed by atoms with Gasteiger partial charge in [0.2, 0.25) is 5.91 Å². The minimum absolute atomic E-state index is 0.0104. The molecule has 2 saturated heterocycles. The molecule has 1 aromatic heterocycles. The molecular formula is C18H29N5O2. The van der Waals surface area contributed by atoms with E-state index in [1.807, 2.05) is 0 Å². The Labute approximate surface area is 149 Å². The van der Waals surface area contributed by atoms with Crippen LogP contribution < -0.4 is 10.2 Å². The molecule has 0 saturated carbocycles. The van der Waals surface area contributed by atoms with E-state index in [9.17, 15) is 4.79 Å². The molecule has 3 heterocycles. The molecule has 7 heteroatoms. The average Bonchev–Trinajstić information content (AvgIpc) is 2.68.